The molecule has 0 aromatic carbocycles. The van der Waals surface area contributed by atoms with Crippen molar-refractivity contribution < 1.29 is 9.34 Å². The number of furan rings is 1. The van der Waals surface area contributed by atoms with E-state index < -0.39 is 4.92 Å². The fraction of sp³-hybridized carbons (Fsp3) is 0.357. The molecule has 0 fully saturated rings. The number of hydrogen-bond donors (Lipinski definition) is 0. The van der Waals surface area contributed by atoms with Crippen molar-refractivity contribution in [3.63, 3.8) is 0 Å². The Hall–Kier alpha value is -2.37. The molecule has 2 aromatic heterocycles. The summed E-state index contributed by atoms with van der Waals surface area (Å²) in [7, 11) is 1.93. The Morgan fingerprint density at radius 3 is 2.80 bits per heavy atom. The van der Waals surface area contributed by atoms with Gasteiger partial charge in [-0.3, -0.25) is 10.1 Å². The molecule has 0 aliphatic rings. The Balaban J connectivity index is 1.95. The summed E-state index contributed by atoms with van der Waals surface area (Å²) < 4.78 is 5.30. The van der Waals surface area contributed by atoms with Crippen LogP contribution in [0.3, 0.4) is 0 Å². The Kier molecular flexibility index (Phi) is 4.34. The number of aryl methyl sites for hydroxylation is 1. The summed E-state index contributed by atoms with van der Waals surface area (Å²) in [6.07, 6.45) is 4.72. The molecule has 0 saturated carbocycles. The van der Waals surface area contributed by atoms with Gasteiger partial charge in [-0.1, -0.05) is 0 Å². The summed E-state index contributed by atoms with van der Waals surface area (Å²) in [6, 6.07) is 7.23. The topological polar surface area (TPSA) is 72.4 Å². The van der Waals surface area contributed by atoms with E-state index in [0.717, 1.165) is 24.4 Å². The monoisotopic (exact) mass is 275 g/mol. The lowest BCUT2D eigenvalue weighted by molar-refractivity contribution is -0.385. The van der Waals surface area contributed by atoms with Crippen LogP contribution in [0.2, 0.25) is 0 Å². The van der Waals surface area contributed by atoms with Gasteiger partial charge in [0.1, 0.15) is 17.8 Å². The summed E-state index contributed by atoms with van der Waals surface area (Å²) in [6.45, 7) is 2.09. The number of rotatable bonds is 6. The van der Waals surface area contributed by atoms with Crippen LogP contribution in [0, 0.1) is 10.1 Å². The van der Waals surface area contributed by atoms with E-state index in [-0.39, 0.29) is 11.7 Å². The van der Waals surface area contributed by atoms with Gasteiger partial charge in [-0.25, -0.2) is 4.98 Å². The Bertz CT molecular complexity index is 552. The third kappa shape index (κ3) is 3.34. The highest BCUT2D eigenvalue weighted by Gasteiger charge is 2.13. The predicted octanol–water partition coefficient (Wildman–Crippen LogP) is 3.04. The molecular weight excluding hydrogens is 258 g/mol. The van der Waals surface area contributed by atoms with Gasteiger partial charge < -0.3 is 9.32 Å². The highest BCUT2D eigenvalue weighted by molar-refractivity contribution is 5.42. The summed E-state index contributed by atoms with van der Waals surface area (Å²) >= 11 is 0. The lowest BCUT2D eigenvalue weighted by Gasteiger charge is -2.25. The molecule has 0 spiro atoms. The first kappa shape index (κ1) is 14.0. The molecule has 0 aliphatic carbocycles. The molecule has 2 rings (SSSR count). The van der Waals surface area contributed by atoms with E-state index in [1.165, 1.54) is 12.3 Å². The average molecular weight is 275 g/mol. The van der Waals surface area contributed by atoms with Crippen LogP contribution in [0.1, 0.15) is 19.1 Å². The summed E-state index contributed by atoms with van der Waals surface area (Å²) in [5, 5.41) is 10.6. The standard InChI is InChI=1S/C14H17N3O3/c1-11(5-7-13-4-3-9-20-13)16(2)14-8-6-12(10-15-14)17(18)19/h3-4,6,8-11H,5,7H2,1-2H3. The van der Waals surface area contributed by atoms with Crippen molar-refractivity contribution in [3.8, 4) is 0 Å². The first-order valence-electron chi connectivity index (χ1n) is 6.43. The van der Waals surface area contributed by atoms with Crippen molar-refractivity contribution >= 4 is 11.5 Å². The Morgan fingerprint density at radius 2 is 2.25 bits per heavy atom. The number of pyridine rings is 1. The maximum Gasteiger partial charge on any atom is 0.287 e. The van der Waals surface area contributed by atoms with Crippen LogP contribution in [-0.2, 0) is 6.42 Å². The number of hydrogen-bond acceptors (Lipinski definition) is 5. The lowest BCUT2D eigenvalue weighted by Crippen LogP contribution is -2.29. The van der Waals surface area contributed by atoms with Crippen molar-refractivity contribution in [2.24, 2.45) is 0 Å². The van der Waals surface area contributed by atoms with Gasteiger partial charge >= 0.3 is 0 Å². The van der Waals surface area contributed by atoms with Gasteiger partial charge in [-0.2, -0.15) is 0 Å². The second-order valence-corrected chi connectivity index (χ2v) is 4.71. The van der Waals surface area contributed by atoms with Crippen LogP contribution < -0.4 is 4.90 Å². The van der Waals surface area contributed by atoms with Gasteiger partial charge in [-0.05, 0) is 31.5 Å². The Labute approximate surface area is 117 Å². The largest absolute Gasteiger partial charge is 0.469 e. The van der Waals surface area contributed by atoms with E-state index in [2.05, 4.69) is 11.9 Å². The predicted molar refractivity (Wildman–Crippen MR) is 75.8 cm³/mol. The summed E-state index contributed by atoms with van der Waals surface area (Å²) in [5.74, 6) is 1.68. The number of anilines is 1. The van der Waals surface area contributed by atoms with Crippen LogP contribution in [0.4, 0.5) is 11.5 Å². The van der Waals surface area contributed by atoms with E-state index in [1.54, 1.807) is 12.3 Å². The second kappa shape index (κ2) is 6.18. The van der Waals surface area contributed by atoms with Crippen LogP contribution in [0.15, 0.2) is 41.1 Å². The van der Waals surface area contributed by atoms with E-state index in [0.29, 0.717) is 0 Å². The molecule has 106 valence electrons. The van der Waals surface area contributed by atoms with Crippen LogP contribution in [0.5, 0.6) is 0 Å². The molecule has 0 aliphatic heterocycles. The molecule has 0 bridgehead atoms. The van der Waals surface area contributed by atoms with Gasteiger partial charge in [0.15, 0.2) is 0 Å². The van der Waals surface area contributed by atoms with Crippen LogP contribution in [0.25, 0.3) is 0 Å². The van der Waals surface area contributed by atoms with Gasteiger partial charge in [0.05, 0.1) is 11.2 Å². The smallest absolute Gasteiger partial charge is 0.287 e. The second-order valence-electron chi connectivity index (χ2n) is 4.71. The number of aromatic nitrogens is 1. The van der Waals surface area contributed by atoms with Gasteiger partial charge in [0.25, 0.3) is 5.69 Å². The highest BCUT2D eigenvalue weighted by atomic mass is 16.6. The summed E-state index contributed by atoms with van der Waals surface area (Å²) in [5.41, 5.74) is 0.00499. The van der Waals surface area contributed by atoms with E-state index in [4.69, 9.17) is 4.42 Å². The lowest BCUT2D eigenvalue weighted by atomic mass is 10.1. The van der Waals surface area contributed by atoms with E-state index in [9.17, 15) is 10.1 Å². The fourth-order valence-electron chi connectivity index (χ4n) is 1.92. The Morgan fingerprint density at radius 1 is 1.45 bits per heavy atom. The first-order valence-corrected chi connectivity index (χ1v) is 6.43. The normalized spacial score (nSPS) is 12.1. The molecule has 0 saturated heterocycles. The molecule has 1 unspecified atom stereocenters. The molecule has 20 heavy (non-hydrogen) atoms. The molecule has 0 radical (unpaired) electrons. The van der Waals surface area contributed by atoms with Gasteiger partial charge in [0.2, 0.25) is 0 Å². The molecule has 2 aromatic rings. The minimum atomic E-state index is -0.447. The van der Waals surface area contributed by atoms with Crippen molar-refractivity contribution in [1.29, 1.82) is 0 Å². The van der Waals surface area contributed by atoms with Crippen molar-refractivity contribution in [2.75, 3.05) is 11.9 Å². The van der Waals surface area contributed by atoms with E-state index in [1.807, 2.05) is 24.1 Å². The molecule has 2 heterocycles. The quantitative estimate of drug-likeness (QED) is 0.598. The molecular formula is C14H17N3O3. The molecule has 0 N–H and O–H groups in total. The zero-order valence-electron chi connectivity index (χ0n) is 11.5. The molecule has 0 amide bonds. The number of nitrogens with zero attached hydrogens (tertiary/aromatic N) is 3. The highest BCUT2D eigenvalue weighted by Crippen LogP contribution is 2.18. The zero-order valence-corrected chi connectivity index (χ0v) is 11.5. The van der Waals surface area contributed by atoms with Crippen LogP contribution >= 0.6 is 0 Å². The maximum atomic E-state index is 10.6. The first-order chi connectivity index (χ1) is 9.58. The van der Waals surface area contributed by atoms with Crippen molar-refractivity contribution in [2.45, 2.75) is 25.8 Å². The van der Waals surface area contributed by atoms with Gasteiger partial charge in [-0.15, -0.1) is 0 Å². The minimum absolute atomic E-state index is 0.00499. The molecule has 6 nitrogen and oxygen atoms in total. The zero-order chi connectivity index (χ0) is 14.5. The SMILES string of the molecule is CC(CCc1ccco1)N(C)c1ccc([N+](=O)[O-])cn1. The number of nitro groups is 1. The minimum Gasteiger partial charge on any atom is -0.469 e. The fourth-order valence-corrected chi connectivity index (χ4v) is 1.92. The average Bonchev–Trinajstić information content (AvgIpc) is 2.97. The van der Waals surface area contributed by atoms with Crippen molar-refractivity contribution in [1.82, 2.24) is 4.98 Å². The summed E-state index contributed by atoms with van der Waals surface area (Å²) in [4.78, 5) is 16.3. The molecule has 1 atom stereocenters. The van der Waals surface area contributed by atoms with Crippen molar-refractivity contribution in [3.05, 3.63) is 52.6 Å². The van der Waals surface area contributed by atoms with E-state index >= 15 is 0 Å². The maximum absolute atomic E-state index is 10.6. The third-order valence-corrected chi connectivity index (χ3v) is 3.35. The molecule has 6 heteroatoms. The van der Waals surface area contributed by atoms with Crippen LogP contribution in [-0.4, -0.2) is 23.0 Å². The van der Waals surface area contributed by atoms with Gasteiger partial charge in [0, 0.05) is 25.6 Å². The third-order valence-electron chi connectivity index (χ3n) is 3.35.